The van der Waals surface area contributed by atoms with Gasteiger partial charge in [0.2, 0.25) is 5.91 Å². The molecule has 1 aromatic rings. The van der Waals surface area contributed by atoms with Crippen LogP contribution < -0.4 is 11.1 Å². The lowest BCUT2D eigenvalue weighted by Crippen LogP contribution is -2.50. The Balaban J connectivity index is 2.20. The third kappa shape index (κ3) is 4.18. The number of rotatable bonds is 3. The van der Waals surface area contributed by atoms with Crippen molar-refractivity contribution >= 4 is 11.9 Å². The Morgan fingerprint density at radius 2 is 1.88 bits per heavy atom. The van der Waals surface area contributed by atoms with Gasteiger partial charge in [-0.25, -0.2) is 4.79 Å². The Labute approximate surface area is 138 Å². The molecule has 0 aromatic heterocycles. The number of hydrogen-bond acceptors (Lipinski definition) is 2. The van der Waals surface area contributed by atoms with Gasteiger partial charge in [-0.2, -0.15) is 13.2 Å². The van der Waals surface area contributed by atoms with Gasteiger partial charge < -0.3 is 16.0 Å². The van der Waals surface area contributed by atoms with E-state index in [0.717, 1.165) is 25.0 Å². The lowest BCUT2D eigenvalue weighted by atomic mass is 9.94. The smallest absolute Gasteiger partial charge is 0.352 e. The fourth-order valence-corrected chi connectivity index (χ4v) is 2.96. The second-order valence-corrected chi connectivity index (χ2v) is 5.89. The zero-order valence-electron chi connectivity index (χ0n) is 13.3. The predicted molar refractivity (Wildman–Crippen MR) is 81.9 cm³/mol. The Hall–Kier alpha value is -2.25. The van der Waals surface area contributed by atoms with Crippen molar-refractivity contribution < 1.29 is 22.8 Å². The van der Waals surface area contributed by atoms with E-state index in [1.807, 2.05) is 0 Å². The average molecular weight is 343 g/mol. The first kappa shape index (κ1) is 18.1. The first-order chi connectivity index (χ1) is 11.2. The van der Waals surface area contributed by atoms with E-state index in [4.69, 9.17) is 5.73 Å². The highest BCUT2D eigenvalue weighted by Crippen LogP contribution is 2.34. The fourth-order valence-electron chi connectivity index (χ4n) is 2.96. The summed E-state index contributed by atoms with van der Waals surface area (Å²) in [5, 5.41) is 2.34. The second kappa shape index (κ2) is 7.11. The minimum atomic E-state index is -4.39. The SMILES string of the molecule is C[C@H](NC(N)=O)C(=O)N1CCCC[C@H]1c1ccc(C(F)(F)F)cc1. The lowest BCUT2D eigenvalue weighted by molar-refractivity contribution is -0.138. The number of likely N-dealkylation sites (tertiary alicyclic amines) is 1. The maximum atomic E-state index is 12.7. The van der Waals surface area contributed by atoms with E-state index >= 15 is 0 Å². The summed E-state index contributed by atoms with van der Waals surface area (Å²) in [6, 6.07) is 2.99. The van der Waals surface area contributed by atoms with Crippen LogP contribution in [0, 0.1) is 0 Å². The van der Waals surface area contributed by atoms with Gasteiger partial charge in [-0.05, 0) is 43.9 Å². The maximum absolute atomic E-state index is 12.7. The fraction of sp³-hybridized carbons (Fsp3) is 0.500. The van der Waals surface area contributed by atoms with Crippen molar-refractivity contribution in [3.63, 3.8) is 0 Å². The van der Waals surface area contributed by atoms with Crippen molar-refractivity contribution in [1.82, 2.24) is 10.2 Å². The third-order valence-electron chi connectivity index (χ3n) is 4.14. The van der Waals surface area contributed by atoms with E-state index in [1.54, 1.807) is 4.90 Å². The van der Waals surface area contributed by atoms with Crippen molar-refractivity contribution in [2.45, 2.75) is 44.4 Å². The van der Waals surface area contributed by atoms with Crippen molar-refractivity contribution in [3.8, 4) is 0 Å². The van der Waals surface area contributed by atoms with Crippen LogP contribution in [-0.2, 0) is 11.0 Å². The zero-order valence-corrected chi connectivity index (χ0v) is 13.3. The minimum Gasteiger partial charge on any atom is -0.352 e. The Kier molecular flexibility index (Phi) is 5.36. The summed E-state index contributed by atoms with van der Waals surface area (Å²) in [5.41, 5.74) is 4.97. The number of hydrogen-bond donors (Lipinski definition) is 2. The van der Waals surface area contributed by atoms with E-state index in [0.29, 0.717) is 18.5 Å². The molecule has 24 heavy (non-hydrogen) atoms. The molecule has 0 saturated carbocycles. The average Bonchev–Trinajstić information content (AvgIpc) is 2.53. The lowest BCUT2D eigenvalue weighted by Gasteiger charge is -2.37. The number of halogens is 3. The van der Waals surface area contributed by atoms with Crippen LogP contribution in [0.2, 0.25) is 0 Å². The molecule has 1 aromatic carbocycles. The highest BCUT2D eigenvalue weighted by molar-refractivity contribution is 5.86. The predicted octanol–water partition coefficient (Wildman–Crippen LogP) is 2.82. The van der Waals surface area contributed by atoms with Crippen LogP contribution in [0.15, 0.2) is 24.3 Å². The van der Waals surface area contributed by atoms with E-state index in [2.05, 4.69) is 5.32 Å². The number of primary amides is 1. The van der Waals surface area contributed by atoms with Crippen LogP contribution in [0.4, 0.5) is 18.0 Å². The molecule has 1 aliphatic heterocycles. The summed E-state index contributed by atoms with van der Waals surface area (Å²) in [6.07, 6.45) is -2.03. The number of alkyl halides is 3. The quantitative estimate of drug-likeness (QED) is 0.885. The number of amides is 3. The van der Waals surface area contributed by atoms with Crippen LogP contribution in [-0.4, -0.2) is 29.4 Å². The molecule has 132 valence electrons. The molecular weight excluding hydrogens is 323 g/mol. The number of carbonyl (C=O) groups excluding carboxylic acids is 2. The van der Waals surface area contributed by atoms with E-state index in [-0.39, 0.29) is 11.9 Å². The van der Waals surface area contributed by atoms with Gasteiger partial charge in [0.25, 0.3) is 0 Å². The number of benzene rings is 1. The summed E-state index contributed by atoms with van der Waals surface area (Å²) in [4.78, 5) is 25.0. The second-order valence-electron chi connectivity index (χ2n) is 5.89. The maximum Gasteiger partial charge on any atom is 0.416 e. The topological polar surface area (TPSA) is 75.4 Å². The van der Waals surface area contributed by atoms with Gasteiger partial charge in [0, 0.05) is 6.54 Å². The molecule has 2 rings (SSSR count). The first-order valence-electron chi connectivity index (χ1n) is 7.73. The largest absolute Gasteiger partial charge is 0.416 e. The number of carbonyl (C=O) groups is 2. The molecule has 3 amide bonds. The first-order valence-corrected chi connectivity index (χ1v) is 7.73. The van der Waals surface area contributed by atoms with E-state index < -0.39 is 23.8 Å². The standard InChI is InChI=1S/C16H20F3N3O2/c1-10(21-15(20)24)14(23)22-9-3-2-4-13(22)11-5-7-12(8-6-11)16(17,18)19/h5-8,10,13H,2-4,9H2,1H3,(H3,20,21,24)/t10-,13-/m0/s1. The number of nitrogens with one attached hydrogen (secondary N) is 1. The molecule has 0 unspecified atom stereocenters. The van der Waals surface area contributed by atoms with Crippen molar-refractivity contribution in [3.05, 3.63) is 35.4 Å². The molecule has 0 aliphatic carbocycles. The number of urea groups is 1. The van der Waals surface area contributed by atoms with Gasteiger partial charge in [-0.1, -0.05) is 12.1 Å². The van der Waals surface area contributed by atoms with Gasteiger partial charge >= 0.3 is 12.2 Å². The summed E-state index contributed by atoms with van der Waals surface area (Å²) < 4.78 is 38.0. The molecule has 0 radical (unpaired) electrons. The Morgan fingerprint density at radius 1 is 1.25 bits per heavy atom. The van der Waals surface area contributed by atoms with E-state index in [9.17, 15) is 22.8 Å². The Morgan fingerprint density at radius 3 is 2.42 bits per heavy atom. The Bertz CT molecular complexity index is 602. The normalized spacial score (nSPS) is 19.7. The summed E-state index contributed by atoms with van der Waals surface area (Å²) in [6.45, 7) is 2.03. The summed E-state index contributed by atoms with van der Waals surface area (Å²) in [7, 11) is 0. The number of nitrogens with two attached hydrogens (primary N) is 1. The van der Waals surface area contributed by atoms with Gasteiger partial charge in [0.15, 0.2) is 0 Å². The minimum absolute atomic E-state index is 0.293. The van der Waals surface area contributed by atoms with Crippen LogP contribution in [0.3, 0.4) is 0 Å². The van der Waals surface area contributed by atoms with Crippen LogP contribution in [0.25, 0.3) is 0 Å². The highest BCUT2D eigenvalue weighted by atomic mass is 19.4. The molecule has 5 nitrogen and oxygen atoms in total. The molecule has 1 heterocycles. The molecule has 0 bridgehead atoms. The molecule has 1 fully saturated rings. The highest BCUT2D eigenvalue weighted by Gasteiger charge is 2.33. The molecule has 1 aliphatic rings. The molecule has 3 N–H and O–H groups in total. The zero-order chi connectivity index (χ0) is 17.9. The van der Waals surface area contributed by atoms with Crippen LogP contribution in [0.5, 0.6) is 0 Å². The molecule has 0 spiro atoms. The van der Waals surface area contributed by atoms with Crippen molar-refractivity contribution in [1.29, 1.82) is 0 Å². The monoisotopic (exact) mass is 343 g/mol. The van der Waals surface area contributed by atoms with Crippen LogP contribution >= 0.6 is 0 Å². The van der Waals surface area contributed by atoms with Gasteiger partial charge in [-0.3, -0.25) is 4.79 Å². The van der Waals surface area contributed by atoms with Gasteiger partial charge in [-0.15, -0.1) is 0 Å². The van der Waals surface area contributed by atoms with Gasteiger partial charge in [0.05, 0.1) is 11.6 Å². The van der Waals surface area contributed by atoms with E-state index in [1.165, 1.54) is 19.1 Å². The molecule has 1 saturated heterocycles. The number of piperidine rings is 1. The van der Waals surface area contributed by atoms with Gasteiger partial charge in [0.1, 0.15) is 6.04 Å². The number of nitrogens with zero attached hydrogens (tertiary/aromatic N) is 1. The summed E-state index contributed by atoms with van der Waals surface area (Å²) in [5.74, 6) is -0.293. The van der Waals surface area contributed by atoms with Crippen LogP contribution in [0.1, 0.15) is 43.4 Å². The molecule has 2 atom stereocenters. The molecule has 8 heteroatoms. The summed E-state index contributed by atoms with van der Waals surface area (Å²) >= 11 is 0. The van der Waals surface area contributed by atoms with Crippen molar-refractivity contribution in [2.24, 2.45) is 5.73 Å². The third-order valence-corrected chi connectivity index (χ3v) is 4.14. The molecular formula is C16H20F3N3O2. The van der Waals surface area contributed by atoms with Crippen molar-refractivity contribution in [2.75, 3.05) is 6.54 Å².